The number of nitrogens with zero attached hydrogens (tertiary/aromatic N) is 1. The average molecular weight is 288 g/mol. The maximum atomic E-state index is 10.7. The maximum absolute atomic E-state index is 10.7. The lowest BCUT2D eigenvalue weighted by Crippen LogP contribution is -2.18. The van der Waals surface area contributed by atoms with Crippen molar-refractivity contribution >= 4 is 5.69 Å². The Bertz CT molecular complexity index is 638. The highest BCUT2D eigenvalue weighted by Crippen LogP contribution is 2.32. The van der Waals surface area contributed by atoms with E-state index in [2.05, 4.69) is 5.32 Å². The molecule has 0 fully saturated rings. The van der Waals surface area contributed by atoms with Crippen LogP contribution in [0.15, 0.2) is 42.5 Å². The lowest BCUT2D eigenvalue weighted by atomic mass is 10.1. The van der Waals surface area contributed by atoms with Gasteiger partial charge < -0.3 is 15.5 Å². The minimum Gasteiger partial charge on any atom is -0.507 e. The van der Waals surface area contributed by atoms with Gasteiger partial charge in [-0.25, -0.2) is 0 Å². The third-order valence-corrected chi connectivity index (χ3v) is 3.23. The number of phenols is 2. The Morgan fingerprint density at radius 3 is 2.43 bits per heavy atom. The smallest absolute Gasteiger partial charge is 0.269 e. The van der Waals surface area contributed by atoms with Crippen molar-refractivity contribution in [3.8, 4) is 11.5 Å². The first-order valence-electron chi connectivity index (χ1n) is 6.46. The van der Waals surface area contributed by atoms with E-state index in [1.165, 1.54) is 24.3 Å². The second kappa shape index (κ2) is 6.23. The average Bonchev–Trinajstić information content (AvgIpc) is 2.45. The number of nitro groups is 1. The molecule has 0 spiro atoms. The van der Waals surface area contributed by atoms with E-state index in [1.54, 1.807) is 25.1 Å². The molecule has 0 aliphatic heterocycles. The van der Waals surface area contributed by atoms with Gasteiger partial charge in [0.15, 0.2) is 0 Å². The highest BCUT2D eigenvalue weighted by atomic mass is 16.6. The molecule has 0 saturated heterocycles. The molecule has 6 heteroatoms. The third kappa shape index (κ3) is 3.49. The van der Waals surface area contributed by atoms with Crippen LogP contribution in [0.5, 0.6) is 11.5 Å². The van der Waals surface area contributed by atoms with Gasteiger partial charge >= 0.3 is 0 Å². The Morgan fingerprint density at radius 2 is 1.81 bits per heavy atom. The molecule has 21 heavy (non-hydrogen) atoms. The van der Waals surface area contributed by atoms with Crippen LogP contribution in [0.2, 0.25) is 0 Å². The molecule has 1 unspecified atom stereocenters. The highest BCUT2D eigenvalue weighted by Gasteiger charge is 2.15. The number of benzene rings is 2. The van der Waals surface area contributed by atoms with E-state index in [1.807, 2.05) is 0 Å². The zero-order valence-corrected chi connectivity index (χ0v) is 11.5. The SMILES string of the molecule is CC(NCc1cccc([N+](=O)[O-])c1)c1c(O)cccc1O. The first-order valence-corrected chi connectivity index (χ1v) is 6.46. The van der Waals surface area contributed by atoms with Crippen molar-refractivity contribution in [2.45, 2.75) is 19.5 Å². The molecule has 0 saturated carbocycles. The van der Waals surface area contributed by atoms with Crippen molar-refractivity contribution in [1.82, 2.24) is 5.32 Å². The summed E-state index contributed by atoms with van der Waals surface area (Å²) in [7, 11) is 0. The van der Waals surface area contributed by atoms with Crippen LogP contribution in [0.25, 0.3) is 0 Å². The molecule has 0 bridgehead atoms. The van der Waals surface area contributed by atoms with E-state index < -0.39 is 4.92 Å². The van der Waals surface area contributed by atoms with Gasteiger partial charge in [-0.05, 0) is 24.6 Å². The summed E-state index contributed by atoms with van der Waals surface area (Å²) in [6, 6.07) is 10.6. The van der Waals surface area contributed by atoms with Crippen molar-refractivity contribution in [1.29, 1.82) is 0 Å². The largest absolute Gasteiger partial charge is 0.507 e. The third-order valence-electron chi connectivity index (χ3n) is 3.23. The van der Waals surface area contributed by atoms with Crippen molar-refractivity contribution in [2.24, 2.45) is 0 Å². The van der Waals surface area contributed by atoms with Crippen molar-refractivity contribution in [3.63, 3.8) is 0 Å². The number of hydrogen-bond acceptors (Lipinski definition) is 5. The molecule has 2 rings (SSSR count). The first-order chi connectivity index (χ1) is 9.99. The molecule has 1 atom stereocenters. The van der Waals surface area contributed by atoms with Gasteiger partial charge in [-0.3, -0.25) is 10.1 Å². The summed E-state index contributed by atoms with van der Waals surface area (Å²) in [5.41, 5.74) is 1.20. The van der Waals surface area contributed by atoms with Crippen molar-refractivity contribution in [3.05, 3.63) is 63.7 Å². The molecule has 0 heterocycles. The summed E-state index contributed by atoms with van der Waals surface area (Å²) < 4.78 is 0. The molecule has 0 aliphatic rings. The van der Waals surface area contributed by atoms with Crippen LogP contribution >= 0.6 is 0 Å². The second-order valence-electron chi connectivity index (χ2n) is 4.74. The van der Waals surface area contributed by atoms with Gasteiger partial charge in [-0.2, -0.15) is 0 Å². The van der Waals surface area contributed by atoms with Gasteiger partial charge in [0.2, 0.25) is 0 Å². The van der Waals surface area contributed by atoms with Crippen LogP contribution in [0.1, 0.15) is 24.1 Å². The van der Waals surface area contributed by atoms with E-state index in [4.69, 9.17) is 0 Å². The fraction of sp³-hybridized carbons (Fsp3) is 0.200. The summed E-state index contributed by atoms with van der Waals surface area (Å²) in [5.74, 6) is 0.0167. The van der Waals surface area contributed by atoms with Crippen LogP contribution < -0.4 is 5.32 Å². The fourth-order valence-electron chi connectivity index (χ4n) is 2.14. The van der Waals surface area contributed by atoms with E-state index >= 15 is 0 Å². The molecule has 0 radical (unpaired) electrons. The zero-order valence-electron chi connectivity index (χ0n) is 11.5. The summed E-state index contributed by atoms with van der Waals surface area (Å²) >= 11 is 0. The second-order valence-corrected chi connectivity index (χ2v) is 4.74. The van der Waals surface area contributed by atoms with E-state index in [9.17, 15) is 20.3 Å². The Morgan fingerprint density at radius 1 is 1.19 bits per heavy atom. The van der Waals surface area contributed by atoms with E-state index in [-0.39, 0.29) is 23.2 Å². The van der Waals surface area contributed by atoms with E-state index in [0.29, 0.717) is 12.1 Å². The summed E-state index contributed by atoms with van der Waals surface area (Å²) in [6.45, 7) is 2.18. The highest BCUT2D eigenvalue weighted by molar-refractivity contribution is 5.45. The van der Waals surface area contributed by atoms with Crippen molar-refractivity contribution < 1.29 is 15.1 Å². The number of aromatic hydroxyl groups is 2. The fourth-order valence-corrected chi connectivity index (χ4v) is 2.14. The number of nitro benzene ring substituents is 1. The number of phenolic OH excluding ortho intramolecular Hbond substituents is 2. The number of non-ortho nitro benzene ring substituents is 1. The summed E-state index contributed by atoms with van der Waals surface area (Å²) in [4.78, 5) is 10.3. The topological polar surface area (TPSA) is 95.6 Å². The molecule has 6 nitrogen and oxygen atoms in total. The lowest BCUT2D eigenvalue weighted by Gasteiger charge is -2.16. The number of rotatable bonds is 5. The Balaban J connectivity index is 2.09. The van der Waals surface area contributed by atoms with Gasteiger partial charge in [-0.1, -0.05) is 18.2 Å². The molecular formula is C15H16N2O4. The van der Waals surface area contributed by atoms with Crippen molar-refractivity contribution in [2.75, 3.05) is 0 Å². The Labute approximate surface area is 121 Å². The van der Waals surface area contributed by atoms with Crippen LogP contribution in [0, 0.1) is 10.1 Å². The molecule has 0 aliphatic carbocycles. The Kier molecular flexibility index (Phi) is 4.39. The normalized spacial score (nSPS) is 12.0. The number of hydrogen-bond donors (Lipinski definition) is 3. The number of nitrogens with one attached hydrogen (secondary N) is 1. The predicted molar refractivity (Wildman–Crippen MR) is 78.1 cm³/mol. The van der Waals surface area contributed by atoms with E-state index in [0.717, 1.165) is 5.56 Å². The van der Waals surface area contributed by atoms with Crippen LogP contribution in [-0.4, -0.2) is 15.1 Å². The van der Waals surface area contributed by atoms with Crippen LogP contribution in [0.3, 0.4) is 0 Å². The predicted octanol–water partition coefficient (Wildman–Crippen LogP) is 2.86. The molecular weight excluding hydrogens is 272 g/mol. The van der Waals surface area contributed by atoms with Gasteiger partial charge in [0, 0.05) is 24.7 Å². The monoisotopic (exact) mass is 288 g/mol. The summed E-state index contributed by atoms with van der Waals surface area (Å²) in [6.07, 6.45) is 0. The standard InChI is InChI=1S/C15H16N2O4/c1-10(15-13(18)6-3-7-14(15)19)16-9-11-4-2-5-12(8-11)17(20)21/h2-8,10,16,18-19H,9H2,1H3. The zero-order chi connectivity index (χ0) is 15.4. The lowest BCUT2D eigenvalue weighted by molar-refractivity contribution is -0.384. The van der Waals surface area contributed by atoms with Gasteiger partial charge in [0.05, 0.1) is 10.5 Å². The van der Waals surface area contributed by atoms with Crippen LogP contribution in [0.4, 0.5) is 5.69 Å². The molecule has 2 aromatic carbocycles. The molecule has 3 N–H and O–H groups in total. The maximum Gasteiger partial charge on any atom is 0.269 e. The molecule has 0 amide bonds. The van der Waals surface area contributed by atoms with Crippen LogP contribution in [-0.2, 0) is 6.54 Å². The minimum absolute atomic E-state index is 0.00837. The minimum atomic E-state index is -0.443. The first kappa shape index (κ1) is 14.8. The molecule has 110 valence electrons. The molecule has 2 aromatic rings. The quantitative estimate of drug-likeness (QED) is 0.580. The van der Waals surface area contributed by atoms with Gasteiger partial charge in [-0.15, -0.1) is 0 Å². The van der Waals surface area contributed by atoms with Gasteiger partial charge in [0.25, 0.3) is 5.69 Å². The Hall–Kier alpha value is -2.60. The summed E-state index contributed by atoms with van der Waals surface area (Å²) in [5, 5.41) is 33.4. The van der Waals surface area contributed by atoms with Gasteiger partial charge in [0.1, 0.15) is 11.5 Å². The molecule has 0 aromatic heterocycles.